The number of nitrogens with zero attached hydrogens (tertiary/aromatic N) is 1. The quantitative estimate of drug-likeness (QED) is 0.726. The van der Waals surface area contributed by atoms with Gasteiger partial charge in [-0.1, -0.05) is 11.6 Å². The van der Waals surface area contributed by atoms with Gasteiger partial charge in [0.25, 0.3) is 5.91 Å². The Hall–Kier alpha value is -1.30. The first-order valence-electron chi connectivity index (χ1n) is 6.31. The van der Waals surface area contributed by atoms with Gasteiger partial charge in [-0.15, -0.1) is 0 Å². The van der Waals surface area contributed by atoms with Gasteiger partial charge in [0.1, 0.15) is 0 Å². The second kappa shape index (κ2) is 4.67. The number of hydrogen-bond donors (Lipinski definition) is 3. The van der Waals surface area contributed by atoms with Crippen LogP contribution in [0.15, 0.2) is 12.1 Å². The molecular weight excluding hydrogens is 268 g/mol. The molecule has 1 aromatic rings. The molecule has 0 bridgehead atoms. The summed E-state index contributed by atoms with van der Waals surface area (Å²) in [6.07, 6.45) is 0.0424. The average Bonchev–Trinajstić information content (AvgIpc) is 2.66. The molecule has 1 aromatic carbocycles. The normalized spacial score (nSPS) is 23.4. The van der Waals surface area contributed by atoms with Crippen LogP contribution >= 0.6 is 11.6 Å². The number of anilines is 2. The lowest BCUT2D eigenvalue weighted by Gasteiger charge is -2.32. The van der Waals surface area contributed by atoms with Gasteiger partial charge in [-0.05, 0) is 25.0 Å². The van der Waals surface area contributed by atoms with Crippen molar-refractivity contribution < 1.29 is 15.0 Å². The van der Waals surface area contributed by atoms with Crippen molar-refractivity contribution >= 4 is 28.9 Å². The smallest absolute Gasteiger partial charge is 0.257 e. The van der Waals surface area contributed by atoms with Gasteiger partial charge in [0, 0.05) is 24.3 Å². The third-order valence-corrected chi connectivity index (χ3v) is 4.03. The highest BCUT2D eigenvalue weighted by Crippen LogP contribution is 2.39. The van der Waals surface area contributed by atoms with E-state index < -0.39 is 12.0 Å². The molecule has 1 atom stereocenters. The number of carbonyl (C=O) groups excluding carboxylic acids is 1. The molecule has 6 heteroatoms. The van der Waals surface area contributed by atoms with Gasteiger partial charge in [-0.3, -0.25) is 4.79 Å². The molecule has 1 fully saturated rings. The maximum Gasteiger partial charge on any atom is 0.257 e. The Balaban J connectivity index is 1.92. The molecule has 19 heavy (non-hydrogen) atoms. The Labute approximate surface area is 115 Å². The largest absolute Gasteiger partial charge is 0.393 e. The highest BCUT2D eigenvalue weighted by molar-refractivity contribution is 6.33. The van der Waals surface area contributed by atoms with Gasteiger partial charge in [0.15, 0.2) is 6.10 Å². The standard InChI is InChI=1S/C13H15ClN2O3/c14-9-5-8-10(15-13(19)12(8)18)6-11(9)16-3-1-7(17)2-4-16/h5-7,12,17-18H,1-4H2,(H,15,19). The molecule has 0 saturated carbocycles. The summed E-state index contributed by atoms with van der Waals surface area (Å²) in [7, 11) is 0. The fraction of sp³-hybridized carbons (Fsp3) is 0.462. The van der Waals surface area contributed by atoms with Gasteiger partial charge in [-0.25, -0.2) is 0 Å². The summed E-state index contributed by atoms with van der Waals surface area (Å²) < 4.78 is 0. The highest BCUT2D eigenvalue weighted by atomic mass is 35.5. The van der Waals surface area contributed by atoms with Crippen molar-refractivity contribution in [2.24, 2.45) is 0 Å². The number of amides is 1. The first kappa shape index (κ1) is 12.7. The second-order valence-electron chi connectivity index (χ2n) is 5.00. The monoisotopic (exact) mass is 282 g/mol. The number of benzene rings is 1. The van der Waals surface area contributed by atoms with E-state index in [-0.39, 0.29) is 6.10 Å². The van der Waals surface area contributed by atoms with Crippen molar-refractivity contribution in [3.63, 3.8) is 0 Å². The topological polar surface area (TPSA) is 72.8 Å². The maximum atomic E-state index is 11.4. The van der Waals surface area contributed by atoms with Crippen molar-refractivity contribution in [3.8, 4) is 0 Å². The molecule has 0 aliphatic carbocycles. The van der Waals surface area contributed by atoms with Crippen LogP contribution in [0.1, 0.15) is 24.5 Å². The fourth-order valence-electron chi connectivity index (χ4n) is 2.60. The summed E-state index contributed by atoms with van der Waals surface area (Å²) in [4.78, 5) is 13.5. The number of carbonyl (C=O) groups is 1. The van der Waals surface area contributed by atoms with E-state index >= 15 is 0 Å². The van der Waals surface area contributed by atoms with Crippen molar-refractivity contribution in [2.45, 2.75) is 25.0 Å². The second-order valence-corrected chi connectivity index (χ2v) is 5.41. The van der Waals surface area contributed by atoms with Gasteiger partial charge in [0.2, 0.25) is 0 Å². The molecular formula is C13H15ClN2O3. The minimum atomic E-state index is -1.13. The minimum Gasteiger partial charge on any atom is -0.393 e. The van der Waals surface area contributed by atoms with Crippen molar-refractivity contribution in [3.05, 3.63) is 22.7 Å². The summed E-state index contributed by atoms with van der Waals surface area (Å²) in [5.41, 5.74) is 1.97. The first-order chi connectivity index (χ1) is 9.06. The molecule has 2 heterocycles. The van der Waals surface area contributed by atoms with E-state index in [1.165, 1.54) is 0 Å². The maximum absolute atomic E-state index is 11.4. The Bertz CT molecular complexity index is 527. The molecule has 1 amide bonds. The van der Waals surface area contributed by atoms with Crippen LogP contribution in [0.25, 0.3) is 0 Å². The van der Waals surface area contributed by atoms with Crippen LogP contribution in [0.3, 0.4) is 0 Å². The number of piperidine rings is 1. The van der Waals surface area contributed by atoms with Crippen LogP contribution in [-0.4, -0.2) is 35.3 Å². The van der Waals surface area contributed by atoms with Crippen LogP contribution in [-0.2, 0) is 4.79 Å². The SMILES string of the molecule is O=C1Nc2cc(N3CCC(O)CC3)c(Cl)cc2C1O. The zero-order valence-corrected chi connectivity index (χ0v) is 11.0. The van der Waals surface area contributed by atoms with Crippen molar-refractivity contribution in [2.75, 3.05) is 23.3 Å². The lowest BCUT2D eigenvalue weighted by Crippen LogP contribution is -2.35. The van der Waals surface area contributed by atoms with Crippen LogP contribution in [0.2, 0.25) is 5.02 Å². The zero-order valence-electron chi connectivity index (χ0n) is 10.3. The molecule has 1 saturated heterocycles. The Morgan fingerprint density at radius 3 is 2.63 bits per heavy atom. The van der Waals surface area contributed by atoms with Gasteiger partial charge < -0.3 is 20.4 Å². The van der Waals surface area contributed by atoms with Crippen LogP contribution in [0.4, 0.5) is 11.4 Å². The van der Waals surface area contributed by atoms with Crippen molar-refractivity contribution in [1.29, 1.82) is 0 Å². The Morgan fingerprint density at radius 1 is 1.26 bits per heavy atom. The van der Waals surface area contributed by atoms with E-state index in [0.29, 0.717) is 29.1 Å². The van der Waals surface area contributed by atoms with Gasteiger partial charge >= 0.3 is 0 Å². The molecule has 0 spiro atoms. The summed E-state index contributed by atoms with van der Waals surface area (Å²) >= 11 is 6.24. The molecule has 2 aliphatic heterocycles. The van der Waals surface area contributed by atoms with E-state index in [0.717, 1.165) is 18.8 Å². The molecule has 0 aromatic heterocycles. The number of nitrogens with one attached hydrogen (secondary N) is 1. The van der Waals surface area contributed by atoms with E-state index in [1.807, 2.05) is 0 Å². The average molecular weight is 283 g/mol. The lowest BCUT2D eigenvalue weighted by atomic mass is 10.1. The first-order valence-corrected chi connectivity index (χ1v) is 6.69. The zero-order chi connectivity index (χ0) is 13.6. The number of hydrogen-bond acceptors (Lipinski definition) is 4. The molecule has 3 N–H and O–H groups in total. The summed E-state index contributed by atoms with van der Waals surface area (Å²) in [6.45, 7) is 1.46. The van der Waals surface area contributed by atoms with Crippen LogP contribution in [0.5, 0.6) is 0 Å². The molecule has 102 valence electrons. The van der Waals surface area contributed by atoms with E-state index in [9.17, 15) is 15.0 Å². The van der Waals surface area contributed by atoms with E-state index in [2.05, 4.69) is 10.2 Å². The molecule has 2 aliphatic rings. The predicted molar refractivity (Wildman–Crippen MR) is 72.5 cm³/mol. The number of fused-ring (bicyclic) bond motifs is 1. The Kier molecular flexibility index (Phi) is 3.12. The van der Waals surface area contributed by atoms with Gasteiger partial charge in [-0.2, -0.15) is 0 Å². The predicted octanol–water partition coefficient (Wildman–Crippen LogP) is 1.29. The van der Waals surface area contributed by atoms with E-state index in [4.69, 9.17) is 11.6 Å². The number of aliphatic hydroxyl groups is 2. The lowest BCUT2D eigenvalue weighted by molar-refractivity contribution is -0.123. The number of halogens is 1. The summed E-state index contributed by atoms with van der Waals surface area (Å²) in [6, 6.07) is 3.43. The molecule has 0 radical (unpaired) electrons. The molecule has 1 unspecified atom stereocenters. The molecule has 3 rings (SSSR count). The van der Waals surface area contributed by atoms with Crippen LogP contribution in [0, 0.1) is 0 Å². The van der Waals surface area contributed by atoms with Gasteiger partial charge in [0.05, 0.1) is 16.8 Å². The number of rotatable bonds is 1. The van der Waals surface area contributed by atoms with Crippen molar-refractivity contribution in [1.82, 2.24) is 0 Å². The highest BCUT2D eigenvalue weighted by Gasteiger charge is 2.30. The van der Waals surface area contributed by atoms with E-state index in [1.54, 1.807) is 12.1 Å². The fourth-order valence-corrected chi connectivity index (χ4v) is 2.89. The summed E-state index contributed by atoms with van der Waals surface area (Å²) in [5, 5.41) is 22.4. The number of aliphatic hydroxyl groups excluding tert-OH is 2. The Morgan fingerprint density at radius 2 is 1.95 bits per heavy atom. The third kappa shape index (κ3) is 2.18. The minimum absolute atomic E-state index is 0.244. The molecule has 5 nitrogen and oxygen atoms in total. The summed E-state index contributed by atoms with van der Waals surface area (Å²) in [5.74, 6) is -0.419. The van der Waals surface area contributed by atoms with Crippen LogP contribution < -0.4 is 10.2 Å². The third-order valence-electron chi connectivity index (χ3n) is 3.72.